The predicted molar refractivity (Wildman–Crippen MR) is 158 cm³/mol. The number of hydrogen-bond donors (Lipinski definition) is 2. The Balaban J connectivity index is 0.000000325. The number of amides is 1. The first-order valence-electron chi connectivity index (χ1n) is 11.2. The molecule has 36 heavy (non-hydrogen) atoms. The average molecular weight is 722 g/mol. The second-order valence-electron chi connectivity index (χ2n) is 8.38. The molecule has 1 aliphatic rings. The van der Waals surface area contributed by atoms with Gasteiger partial charge in [-0.05, 0) is 90.4 Å². The van der Waals surface area contributed by atoms with E-state index in [-0.39, 0.29) is 29.2 Å². The van der Waals surface area contributed by atoms with Crippen LogP contribution in [0.15, 0.2) is 82.0 Å². The summed E-state index contributed by atoms with van der Waals surface area (Å²) in [4.78, 5) is 29.4. The van der Waals surface area contributed by atoms with Crippen LogP contribution < -0.4 is 11.1 Å². The molecule has 184 valence electrons. The highest BCUT2D eigenvalue weighted by molar-refractivity contribution is 14.1. The summed E-state index contributed by atoms with van der Waals surface area (Å²) in [5.41, 5.74) is 9.16. The number of ketones is 1. The summed E-state index contributed by atoms with van der Waals surface area (Å²) in [5.74, 6) is -0.112. The first-order valence-corrected chi connectivity index (χ1v) is 13.9. The summed E-state index contributed by atoms with van der Waals surface area (Å²) >= 11 is 9.00. The quantitative estimate of drug-likeness (QED) is 0.177. The molecule has 1 amide bonds. The standard InChI is InChI=1S/C21H19BrN4O2.C6H4BrI/c1-12-5-6-14(21(28)25-16-7-8-16)10-17(12)26-11-24-18(20(26)23)19(27)13-3-2-4-15(22)9-13;7-5-2-1-3-6(8)4-5/h2-6,9-11,16H,7-8,23H2,1H3,(H,25,28);1-4H. The molecule has 0 bridgehead atoms. The van der Waals surface area contributed by atoms with Crippen molar-refractivity contribution in [1.29, 1.82) is 0 Å². The van der Waals surface area contributed by atoms with Gasteiger partial charge >= 0.3 is 0 Å². The van der Waals surface area contributed by atoms with E-state index < -0.39 is 0 Å². The summed E-state index contributed by atoms with van der Waals surface area (Å²) in [6.45, 7) is 1.92. The second-order valence-corrected chi connectivity index (χ2v) is 11.5. The lowest BCUT2D eigenvalue weighted by Gasteiger charge is -2.12. The van der Waals surface area contributed by atoms with Crippen LogP contribution >= 0.6 is 54.5 Å². The fraction of sp³-hybridized carbons (Fsp3) is 0.148. The van der Waals surface area contributed by atoms with Crippen LogP contribution in [0.3, 0.4) is 0 Å². The number of nitrogens with zero attached hydrogens (tertiary/aromatic N) is 2. The summed E-state index contributed by atoms with van der Waals surface area (Å²) in [6.07, 6.45) is 3.57. The van der Waals surface area contributed by atoms with E-state index >= 15 is 0 Å². The number of aryl methyl sites for hydroxylation is 1. The summed E-state index contributed by atoms with van der Waals surface area (Å²) < 4.78 is 4.86. The second kappa shape index (κ2) is 11.7. The Hall–Kier alpha value is -2.50. The third-order valence-corrected chi connectivity index (χ3v) is 7.19. The molecular formula is C27H23Br2IN4O2. The molecule has 0 saturated heterocycles. The Morgan fingerprint density at radius 2 is 1.69 bits per heavy atom. The van der Waals surface area contributed by atoms with Gasteiger partial charge in [0.15, 0.2) is 5.69 Å². The van der Waals surface area contributed by atoms with E-state index in [0.717, 1.165) is 33.0 Å². The van der Waals surface area contributed by atoms with Crippen LogP contribution in [-0.4, -0.2) is 27.3 Å². The van der Waals surface area contributed by atoms with Gasteiger partial charge in [-0.2, -0.15) is 0 Å². The minimum absolute atomic E-state index is 0.104. The lowest BCUT2D eigenvalue weighted by atomic mass is 10.1. The number of rotatable bonds is 5. The number of anilines is 1. The van der Waals surface area contributed by atoms with Crippen LogP contribution in [0.4, 0.5) is 5.82 Å². The van der Waals surface area contributed by atoms with Crippen molar-refractivity contribution in [3.63, 3.8) is 0 Å². The molecule has 0 unspecified atom stereocenters. The molecule has 1 aliphatic carbocycles. The maximum Gasteiger partial charge on any atom is 0.251 e. The van der Waals surface area contributed by atoms with Gasteiger partial charge in [0.2, 0.25) is 5.78 Å². The molecule has 6 nitrogen and oxygen atoms in total. The van der Waals surface area contributed by atoms with Crippen LogP contribution in [0.1, 0.15) is 44.8 Å². The monoisotopic (exact) mass is 720 g/mol. The molecule has 0 atom stereocenters. The van der Waals surface area contributed by atoms with E-state index in [9.17, 15) is 9.59 Å². The minimum atomic E-state index is -0.252. The van der Waals surface area contributed by atoms with Gasteiger partial charge in [-0.25, -0.2) is 4.98 Å². The first kappa shape index (κ1) is 26.6. The highest BCUT2D eigenvalue weighted by Crippen LogP contribution is 2.25. The average Bonchev–Trinajstić information content (AvgIpc) is 3.58. The van der Waals surface area contributed by atoms with E-state index in [1.807, 2.05) is 31.2 Å². The Labute approximate surface area is 240 Å². The molecule has 1 aromatic heterocycles. The van der Waals surface area contributed by atoms with E-state index in [1.165, 1.54) is 9.90 Å². The molecule has 4 aromatic rings. The molecule has 0 aliphatic heterocycles. The SMILES string of the molecule is Brc1cccc(I)c1.Cc1ccc(C(=O)NC2CC2)cc1-n1cnc(C(=O)c2cccc(Br)c2)c1N. The first-order chi connectivity index (χ1) is 17.2. The van der Waals surface area contributed by atoms with Gasteiger partial charge in [0.25, 0.3) is 5.91 Å². The van der Waals surface area contributed by atoms with Crippen molar-refractivity contribution in [3.8, 4) is 5.69 Å². The van der Waals surface area contributed by atoms with Crippen molar-refractivity contribution >= 4 is 72.0 Å². The van der Waals surface area contributed by atoms with Gasteiger partial charge in [-0.15, -0.1) is 0 Å². The van der Waals surface area contributed by atoms with Crippen LogP contribution in [0.25, 0.3) is 5.69 Å². The number of nitrogens with one attached hydrogen (secondary N) is 1. The lowest BCUT2D eigenvalue weighted by Crippen LogP contribution is -2.25. The minimum Gasteiger partial charge on any atom is -0.383 e. The van der Waals surface area contributed by atoms with Crippen LogP contribution in [0, 0.1) is 10.5 Å². The number of halogens is 3. The fourth-order valence-electron chi connectivity index (χ4n) is 3.46. The van der Waals surface area contributed by atoms with Crippen molar-refractivity contribution in [2.75, 3.05) is 5.73 Å². The fourth-order valence-corrected chi connectivity index (χ4v) is 5.23. The number of benzene rings is 3. The molecule has 1 saturated carbocycles. The van der Waals surface area contributed by atoms with E-state index in [1.54, 1.807) is 34.9 Å². The van der Waals surface area contributed by atoms with E-state index in [4.69, 9.17) is 5.73 Å². The highest BCUT2D eigenvalue weighted by atomic mass is 127. The van der Waals surface area contributed by atoms with E-state index in [2.05, 4.69) is 76.9 Å². The summed E-state index contributed by atoms with van der Waals surface area (Å²) in [6, 6.07) is 21.0. The number of carbonyl (C=O) groups is 2. The molecule has 0 radical (unpaired) electrons. The van der Waals surface area contributed by atoms with Crippen molar-refractivity contribution in [1.82, 2.24) is 14.9 Å². The smallest absolute Gasteiger partial charge is 0.251 e. The number of nitrogen functional groups attached to an aromatic ring is 1. The molecule has 0 spiro atoms. The van der Waals surface area contributed by atoms with Crippen molar-refractivity contribution in [2.24, 2.45) is 0 Å². The maximum absolute atomic E-state index is 12.8. The van der Waals surface area contributed by atoms with Gasteiger partial charge in [0.05, 0.1) is 5.69 Å². The lowest BCUT2D eigenvalue weighted by molar-refractivity contribution is 0.0950. The number of nitrogens with two attached hydrogens (primary N) is 1. The van der Waals surface area contributed by atoms with Crippen LogP contribution in [-0.2, 0) is 0 Å². The number of aromatic nitrogens is 2. The third-order valence-electron chi connectivity index (χ3n) is 5.54. The topological polar surface area (TPSA) is 90.0 Å². The molecule has 5 rings (SSSR count). The van der Waals surface area contributed by atoms with Crippen molar-refractivity contribution < 1.29 is 9.59 Å². The zero-order chi connectivity index (χ0) is 25.8. The molecule has 3 N–H and O–H groups in total. The Kier molecular flexibility index (Phi) is 8.63. The zero-order valence-electron chi connectivity index (χ0n) is 19.3. The third kappa shape index (κ3) is 6.63. The zero-order valence-corrected chi connectivity index (χ0v) is 24.7. The van der Waals surface area contributed by atoms with Gasteiger partial charge in [0.1, 0.15) is 12.1 Å². The Morgan fingerprint density at radius 1 is 1.00 bits per heavy atom. The van der Waals surface area contributed by atoms with Crippen molar-refractivity contribution in [3.05, 3.63) is 108 Å². The Morgan fingerprint density at radius 3 is 2.31 bits per heavy atom. The molecule has 1 fully saturated rings. The summed E-state index contributed by atoms with van der Waals surface area (Å²) in [5, 5.41) is 2.98. The maximum atomic E-state index is 12.8. The number of imidazole rings is 1. The van der Waals surface area contributed by atoms with E-state index in [0.29, 0.717) is 11.1 Å². The molecular weight excluding hydrogens is 699 g/mol. The normalized spacial score (nSPS) is 12.4. The number of carbonyl (C=O) groups excluding carboxylic acids is 2. The van der Waals surface area contributed by atoms with Gasteiger partial charge in [0, 0.05) is 29.7 Å². The molecule has 3 aromatic carbocycles. The number of hydrogen-bond acceptors (Lipinski definition) is 4. The molecule has 1 heterocycles. The van der Waals surface area contributed by atoms with Crippen LogP contribution in [0.2, 0.25) is 0 Å². The van der Waals surface area contributed by atoms with Crippen LogP contribution in [0.5, 0.6) is 0 Å². The predicted octanol–water partition coefficient (Wildman–Crippen LogP) is 6.70. The van der Waals surface area contributed by atoms with Gasteiger partial charge in [-0.3, -0.25) is 14.2 Å². The van der Waals surface area contributed by atoms with Crippen molar-refractivity contribution in [2.45, 2.75) is 25.8 Å². The Bertz CT molecular complexity index is 1420. The largest absolute Gasteiger partial charge is 0.383 e. The highest BCUT2D eigenvalue weighted by Gasteiger charge is 2.24. The van der Waals surface area contributed by atoms with Gasteiger partial charge in [-0.1, -0.05) is 56.1 Å². The van der Waals surface area contributed by atoms with Gasteiger partial charge < -0.3 is 11.1 Å². The summed E-state index contributed by atoms with van der Waals surface area (Å²) in [7, 11) is 0. The molecule has 9 heteroatoms.